The van der Waals surface area contributed by atoms with Gasteiger partial charge in [0, 0.05) is 42.1 Å². The number of hydrogen-bond donors (Lipinski definition) is 0. The van der Waals surface area contributed by atoms with E-state index in [0.29, 0.717) is 24.2 Å². The van der Waals surface area contributed by atoms with Crippen LogP contribution in [0.2, 0.25) is 0 Å². The first kappa shape index (κ1) is 18.2. The molecule has 0 saturated carbocycles. The Bertz CT molecular complexity index is 1140. The number of carbonyl (C=O) groups excluding carboxylic acids is 1. The Hall–Kier alpha value is -4.15. The molecular weight excluding hydrogens is 380 g/mol. The van der Waals surface area contributed by atoms with Crippen LogP contribution in [0, 0.1) is 20.2 Å². The van der Waals surface area contributed by atoms with Gasteiger partial charge in [-0.15, -0.1) is 0 Å². The van der Waals surface area contributed by atoms with E-state index in [2.05, 4.69) is 10.1 Å². The molecule has 1 aliphatic heterocycles. The number of non-ortho nitro benzene ring substituents is 2. The summed E-state index contributed by atoms with van der Waals surface area (Å²) in [6.07, 6.45) is 1.93. The molecule has 0 radical (unpaired) electrons. The van der Waals surface area contributed by atoms with Gasteiger partial charge >= 0.3 is 0 Å². The lowest BCUT2D eigenvalue weighted by atomic mass is 10.1. The number of nitro benzene ring substituents is 2. The Balaban J connectivity index is 1.50. The molecule has 0 fully saturated rings. The third-order valence-electron chi connectivity index (χ3n) is 4.62. The van der Waals surface area contributed by atoms with E-state index < -0.39 is 9.85 Å². The molecule has 0 atom stereocenters. The zero-order valence-corrected chi connectivity index (χ0v) is 15.0. The van der Waals surface area contributed by atoms with E-state index in [-0.39, 0.29) is 29.7 Å². The normalized spacial score (nSPS) is 12.6. The number of rotatable bonds is 5. The third-order valence-corrected chi connectivity index (χ3v) is 4.62. The maximum absolute atomic E-state index is 12.7. The highest BCUT2D eigenvalue weighted by molar-refractivity contribution is 5.95. The van der Waals surface area contributed by atoms with Crippen LogP contribution in [0.3, 0.4) is 0 Å². The summed E-state index contributed by atoms with van der Waals surface area (Å²) in [5, 5.41) is 26.0. The predicted molar refractivity (Wildman–Crippen MR) is 101 cm³/mol. The number of anilines is 1. The van der Waals surface area contributed by atoms with Gasteiger partial charge in [0.15, 0.2) is 5.82 Å². The molecule has 2 heterocycles. The van der Waals surface area contributed by atoms with E-state index in [9.17, 15) is 25.0 Å². The van der Waals surface area contributed by atoms with Gasteiger partial charge in [-0.3, -0.25) is 25.0 Å². The van der Waals surface area contributed by atoms with Crippen molar-refractivity contribution in [2.45, 2.75) is 13.0 Å². The number of nitro groups is 2. The fraction of sp³-hybridized carbons (Fsp3) is 0.167. The van der Waals surface area contributed by atoms with E-state index >= 15 is 0 Å². The van der Waals surface area contributed by atoms with Gasteiger partial charge in [-0.05, 0) is 18.1 Å². The van der Waals surface area contributed by atoms with Gasteiger partial charge < -0.3 is 4.90 Å². The second kappa shape index (κ2) is 7.11. The number of fused-ring (bicyclic) bond motifs is 1. The fourth-order valence-corrected chi connectivity index (χ4v) is 3.25. The van der Waals surface area contributed by atoms with Crippen molar-refractivity contribution < 1.29 is 14.6 Å². The van der Waals surface area contributed by atoms with Crippen molar-refractivity contribution in [3.8, 4) is 11.4 Å². The van der Waals surface area contributed by atoms with Crippen molar-refractivity contribution in [1.82, 2.24) is 14.8 Å². The van der Waals surface area contributed by atoms with Gasteiger partial charge in [-0.1, -0.05) is 12.1 Å². The smallest absolute Gasteiger partial charge is 0.270 e. The topological polar surface area (TPSA) is 137 Å². The number of hydrogen-bond acceptors (Lipinski definition) is 7. The summed E-state index contributed by atoms with van der Waals surface area (Å²) in [7, 11) is 0. The van der Waals surface area contributed by atoms with Crippen LogP contribution in [-0.4, -0.2) is 37.1 Å². The molecule has 29 heavy (non-hydrogen) atoms. The Labute approximate surface area is 163 Å². The lowest BCUT2D eigenvalue weighted by Gasteiger charge is -2.17. The summed E-state index contributed by atoms with van der Waals surface area (Å²) in [5.41, 5.74) is 1.81. The van der Waals surface area contributed by atoms with Crippen molar-refractivity contribution >= 4 is 23.0 Å². The van der Waals surface area contributed by atoms with E-state index in [0.717, 1.165) is 5.56 Å². The monoisotopic (exact) mass is 394 g/mol. The van der Waals surface area contributed by atoms with Crippen molar-refractivity contribution in [1.29, 1.82) is 0 Å². The molecule has 1 aromatic heterocycles. The lowest BCUT2D eigenvalue weighted by molar-refractivity contribution is -0.385. The standard InChI is InChI=1S/C18H14N6O5/c25-17(22-7-6-12-8-15(24(28)29)4-5-16(12)22)10-21-11-19-18(20-21)13-2-1-3-14(9-13)23(26)27/h1-5,8-9,11H,6-7,10H2. The number of aromatic nitrogens is 3. The van der Waals surface area contributed by atoms with E-state index in [1.54, 1.807) is 23.1 Å². The van der Waals surface area contributed by atoms with Crippen LogP contribution in [0.15, 0.2) is 48.8 Å². The minimum Gasteiger partial charge on any atom is -0.310 e. The van der Waals surface area contributed by atoms with Crippen molar-refractivity contribution in [2.75, 3.05) is 11.4 Å². The number of nitrogens with zero attached hydrogens (tertiary/aromatic N) is 6. The molecular formula is C18H14N6O5. The first-order valence-electron chi connectivity index (χ1n) is 8.64. The zero-order chi connectivity index (χ0) is 20.5. The molecule has 1 amide bonds. The van der Waals surface area contributed by atoms with E-state index in [1.165, 1.54) is 35.3 Å². The maximum Gasteiger partial charge on any atom is 0.270 e. The summed E-state index contributed by atoms with van der Waals surface area (Å²) in [4.78, 5) is 39.2. The first-order chi connectivity index (χ1) is 13.9. The van der Waals surface area contributed by atoms with Crippen molar-refractivity contribution in [3.63, 3.8) is 0 Å². The van der Waals surface area contributed by atoms with Crippen LogP contribution in [0.1, 0.15) is 5.56 Å². The fourth-order valence-electron chi connectivity index (χ4n) is 3.25. The third kappa shape index (κ3) is 3.52. The second-order valence-corrected chi connectivity index (χ2v) is 6.44. The summed E-state index contributed by atoms with van der Waals surface area (Å²) >= 11 is 0. The van der Waals surface area contributed by atoms with E-state index in [4.69, 9.17) is 0 Å². The number of amides is 1. The molecule has 0 spiro atoms. The summed E-state index contributed by atoms with van der Waals surface area (Å²) < 4.78 is 1.36. The van der Waals surface area contributed by atoms with Crippen molar-refractivity contribution in [2.24, 2.45) is 0 Å². The maximum atomic E-state index is 12.7. The van der Waals surface area contributed by atoms with Crippen LogP contribution < -0.4 is 4.90 Å². The number of carbonyl (C=O) groups is 1. The van der Waals surface area contributed by atoms with Gasteiger partial charge in [-0.25, -0.2) is 9.67 Å². The summed E-state index contributed by atoms with van der Waals surface area (Å²) in [6, 6.07) is 10.4. The van der Waals surface area contributed by atoms with Gasteiger partial charge in [0.25, 0.3) is 11.4 Å². The second-order valence-electron chi connectivity index (χ2n) is 6.44. The molecule has 0 N–H and O–H groups in total. The van der Waals surface area contributed by atoms with E-state index in [1.807, 2.05) is 0 Å². The highest BCUT2D eigenvalue weighted by Crippen LogP contribution is 2.31. The molecule has 2 aromatic carbocycles. The first-order valence-corrected chi connectivity index (χ1v) is 8.64. The Morgan fingerprint density at radius 2 is 1.83 bits per heavy atom. The lowest BCUT2D eigenvalue weighted by Crippen LogP contribution is -2.32. The Kier molecular flexibility index (Phi) is 4.47. The zero-order valence-electron chi connectivity index (χ0n) is 15.0. The summed E-state index contributed by atoms with van der Waals surface area (Å²) in [6.45, 7) is 0.361. The van der Waals surface area contributed by atoms with Crippen LogP contribution in [0.4, 0.5) is 17.1 Å². The van der Waals surface area contributed by atoms with Crippen LogP contribution >= 0.6 is 0 Å². The summed E-state index contributed by atoms with van der Waals surface area (Å²) in [5.74, 6) is 0.0482. The molecule has 0 unspecified atom stereocenters. The molecule has 4 rings (SSSR count). The highest BCUT2D eigenvalue weighted by Gasteiger charge is 2.26. The molecule has 11 nitrogen and oxygen atoms in total. The van der Waals surface area contributed by atoms with Crippen LogP contribution in [-0.2, 0) is 17.8 Å². The molecule has 0 saturated heterocycles. The van der Waals surface area contributed by atoms with Gasteiger partial charge in [0.1, 0.15) is 12.9 Å². The Morgan fingerprint density at radius 3 is 2.59 bits per heavy atom. The molecule has 11 heteroatoms. The molecule has 146 valence electrons. The largest absolute Gasteiger partial charge is 0.310 e. The number of benzene rings is 2. The van der Waals surface area contributed by atoms with Gasteiger partial charge in [0.2, 0.25) is 5.91 Å². The highest BCUT2D eigenvalue weighted by atomic mass is 16.6. The SMILES string of the molecule is O=C(Cn1cnc(-c2cccc([N+](=O)[O-])c2)n1)N1CCc2cc([N+](=O)[O-])ccc21. The Morgan fingerprint density at radius 1 is 1.07 bits per heavy atom. The molecule has 0 aliphatic carbocycles. The van der Waals surface area contributed by atoms with Gasteiger partial charge in [-0.2, -0.15) is 5.10 Å². The average Bonchev–Trinajstić information content (AvgIpc) is 3.34. The molecule has 3 aromatic rings. The molecule has 0 bridgehead atoms. The van der Waals surface area contributed by atoms with Crippen molar-refractivity contribution in [3.05, 3.63) is 74.6 Å². The molecule has 1 aliphatic rings. The minimum atomic E-state index is -0.501. The van der Waals surface area contributed by atoms with Gasteiger partial charge in [0.05, 0.1) is 9.85 Å². The van der Waals surface area contributed by atoms with Crippen LogP contribution in [0.5, 0.6) is 0 Å². The predicted octanol–water partition coefficient (Wildman–Crippen LogP) is 2.35. The average molecular weight is 394 g/mol. The quantitative estimate of drug-likeness (QED) is 0.478. The van der Waals surface area contributed by atoms with Crippen LogP contribution in [0.25, 0.3) is 11.4 Å². The minimum absolute atomic E-state index is 0.00378.